The summed E-state index contributed by atoms with van der Waals surface area (Å²) in [6.07, 6.45) is 5.16. The molecule has 1 amide bonds. The quantitative estimate of drug-likeness (QED) is 0.590. The van der Waals surface area contributed by atoms with E-state index < -0.39 is 10.0 Å². The molecule has 8 nitrogen and oxygen atoms in total. The molecule has 10 heteroatoms. The van der Waals surface area contributed by atoms with Gasteiger partial charge in [0.1, 0.15) is 10.4 Å². The molecule has 3 aromatic rings. The van der Waals surface area contributed by atoms with Crippen molar-refractivity contribution in [2.24, 2.45) is 0 Å². The average molecular weight is 459 g/mol. The first-order chi connectivity index (χ1) is 14.9. The van der Waals surface area contributed by atoms with Gasteiger partial charge in [-0.1, -0.05) is 29.7 Å². The molecule has 0 saturated carbocycles. The summed E-state index contributed by atoms with van der Waals surface area (Å²) in [4.78, 5) is 18.5. The predicted molar refractivity (Wildman–Crippen MR) is 118 cm³/mol. The van der Waals surface area contributed by atoms with Crippen LogP contribution in [0, 0.1) is 12.3 Å². The average Bonchev–Trinajstić information content (AvgIpc) is 3.21. The molecule has 1 N–H and O–H groups in total. The zero-order chi connectivity index (χ0) is 22.0. The highest BCUT2D eigenvalue weighted by atomic mass is 35.5. The third-order valence-electron chi connectivity index (χ3n) is 4.95. The van der Waals surface area contributed by atoms with Crippen molar-refractivity contribution in [1.29, 1.82) is 0 Å². The number of anilines is 1. The van der Waals surface area contributed by atoms with Crippen molar-refractivity contribution in [2.75, 3.05) is 37.6 Å². The number of hydrogen-bond acceptors (Lipinski definition) is 6. The number of halogens is 1. The molecular weight excluding hydrogens is 440 g/mol. The summed E-state index contributed by atoms with van der Waals surface area (Å²) in [6.45, 7) is 1.50. The molecule has 1 aliphatic heterocycles. The Morgan fingerprint density at radius 3 is 2.65 bits per heavy atom. The summed E-state index contributed by atoms with van der Waals surface area (Å²) in [6, 6.07) is 11.7. The molecular formula is C21H19ClN4O4S. The van der Waals surface area contributed by atoms with Crippen LogP contribution in [0.25, 0.3) is 11.1 Å². The van der Waals surface area contributed by atoms with Crippen molar-refractivity contribution in [1.82, 2.24) is 14.6 Å². The molecule has 0 atom stereocenters. The van der Waals surface area contributed by atoms with Crippen LogP contribution in [0.5, 0.6) is 0 Å². The van der Waals surface area contributed by atoms with Gasteiger partial charge in [0.05, 0.1) is 11.6 Å². The fourth-order valence-corrected chi connectivity index (χ4v) is 5.25. The summed E-state index contributed by atoms with van der Waals surface area (Å²) < 4.78 is 33.0. The molecule has 31 heavy (non-hydrogen) atoms. The van der Waals surface area contributed by atoms with Crippen molar-refractivity contribution < 1.29 is 17.6 Å². The summed E-state index contributed by atoms with van der Waals surface area (Å²) in [5.41, 5.74) is 1.50. The number of nitrogens with zero attached hydrogens (tertiary/aromatic N) is 3. The van der Waals surface area contributed by atoms with Gasteiger partial charge in [-0.25, -0.2) is 8.42 Å². The van der Waals surface area contributed by atoms with Crippen molar-refractivity contribution in [3.05, 3.63) is 53.1 Å². The first-order valence-corrected chi connectivity index (χ1v) is 11.3. The number of terminal acetylenes is 1. The highest BCUT2D eigenvalue weighted by molar-refractivity contribution is 7.89. The normalized spacial score (nSPS) is 15.0. The van der Waals surface area contributed by atoms with E-state index in [0.29, 0.717) is 35.8 Å². The number of sulfonamides is 1. The SMILES string of the molecule is C#CCNC(=O)c1ccc2oc(N3CCN(S(=O)(=O)c4ccccc4Cl)CC3)nc2c1. The monoisotopic (exact) mass is 458 g/mol. The number of nitrogens with one attached hydrogen (secondary N) is 1. The molecule has 1 aromatic heterocycles. The molecule has 1 aliphatic rings. The summed E-state index contributed by atoms with van der Waals surface area (Å²) in [5, 5.41) is 2.80. The lowest BCUT2D eigenvalue weighted by atomic mass is 10.2. The second-order valence-electron chi connectivity index (χ2n) is 6.89. The minimum atomic E-state index is -3.68. The number of rotatable bonds is 5. The van der Waals surface area contributed by atoms with Gasteiger partial charge >= 0.3 is 0 Å². The number of fused-ring (bicyclic) bond motifs is 1. The first-order valence-electron chi connectivity index (χ1n) is 9.52. The lowest BCUT2D eigenvalue weighted by molar-refractivity contribution is 0.0959. The van der Waals surface area contributed by atoms with E-state index in [9.17, 15) is 13.2 Å². The van der Waals surface area contributed by atoms with Crippen molar-refractivity contribution >= 4 is 44.6 Å². The Balaban J connectivity index is 1.48. The van der Waals surface area contributed by atoms with Gasteiger partial charge < -0.3 is 14.6 Å². The summed E-state index contributed by atoms with van der Waals surface area (Å²) in [5.74, 6) is 2.06. The van der Waals surface area contributed by atoms with Gasteiger partial charge in [0.15, 0.2) is 5.58 Å². The van der Waals surface area contributed by atoms with Crippen LogP contribution in [0.3, 0.4) is 0 Å². The Hall–Kier alpha value is -3.06. The van der Waals surface area contributed by atoms with Crippen LogP contribution >= 0.6 is 11.6 Å². The fraction of sp³-hybridized carbons (Fsp3) is 0.238. The van der Waals surface area contributed by atoms with Gasteiger partial charge in [-0.05, 0) is 30.3 Å². The minimum Gasteiger partial charge on any atom is -0.423 e. The van der Waals surface area contributed by atoms with E-state index in [1.165, 1.54) is 10.4 Å². The molecule has 0 spiro atoms. The van der Waals surface area contributed by atoms with E-state index in [1.807, 2.05) is 4.90 Å². The smallest absolute Gasteiger partial charge is 0.298 e. The molecule has 1 fully saturated rings. The highest BCUT2D eigenvalue weighted by Gasteiger charge is 2.31. The number of aromatic nitrogens is 1. The zero-order valence-corrected chi connectivity index (χ0v) is 18.0. The maximum atomic E-state index is 12.9. The number of carbonyl (C=O) groups excluding carboxylic acids is 1. The zero-order valence-electron chi connectivity index (χ0n) is 16.4. The minimum absolute atomic E-state index is 0.0996. The lowest BCUT2D eigenvalue weighted by Crippen LogP contribution is -2.48. The van der Waals surface area contributed by atoms with Gasteiger partial charge in [0, 0.05) is 31.7 Å². The Labute approximate surface area is 184 Å². The van der Waals surface area contributed by atoms with Gasteiger partial charge in [0.25, 0.3) is 11.9 Å². The molecule has 1 saturated heterocycles. The number of piperazine rings is 1. The van der Waals surface area contributed by atoms with Gasteiger partial charge in [-0.2, -0.15) is 9.29 Å². The Kier molecular flexibility index (Phi) is 5.87. The largest absolute Gasteiger partial charge is 0.423 e. The molecule has 2 aromatic carbocycles. The van der Waals surface area contributed by atoms with E-state index in [2.05, 4.69) is 16.2 Å². The number of hydrogen-bond donors (Lipinski definition) is 1. The second-order valence-corrected chi connectivity index (χ2v) is 9.20. The van der Waals surface area contributed by atoms with E-state index in [-0.39, 0.29) is 35.5 Å². The number of carbonyl (C=O) groups is 1. The third-order valence-corrected chi connectivity index (χ3v) is 7.35. The third kappa shape index (κ3) is 4.23. The molecule has 0 unspecified atom stereocenters. The van der Waals surface area contributed by atoms with Crippen LogP contribution in [0.15, 0.2) is 51.8 Å². The van der Waals surface area contributed by atoms with Crippen LogP contribution in [0.4, 0.5) is 6.01 Å². The van der Waals surface area contributed by atoms with Crippen molar-refractivity contribution in [3.8, 4) is 12.3 Å². The van der Waals surface area contributed by atoms with E-state index in [4.69, 9.17) is 22.4 Å². The van der Waals surface area contributed by atoms with Crippen LogP contribution in [-0.4, -0.2) is 56.3 Å². The lowest BCUT2D eigenvalue weighted by Gasteiger charge is -2.33. The topological polar surface area (TPSA) is 95.8 Å². The predicted octanol–water partition coefficient (Wildman–Crippen LogP) is 2.36. The van der Waals surface area contributed by atoms with Crippen molar-refractivity contribution in [3.63, 3.8) is 0 Å². The van der Waals surface area contributed by atoms with E-state index in [1.54, 1.807) is 36.4 Å². The Bertz CT molecular complexity index is 1270. The molecule has 2 heterocycles. The van der Waals surface area contributed by atoms with Crippen LogP contribution in [0.1, 0.15) is 10.4 Å². The second kappa shape index (κ2) is 8.59. The maximum Gasteiger partial charge on any atom is 0.298 e. The number of amides is 1. The highest BCUT2D eigenvalue weighted by Crippen LogP contribution is 2.27. The van der Waals surface area contributed by atoms with Crippen LogP contribution in [0.2, 0.25) is 5.02 Å². The molecule has 0 bridgehead atoms. The van der Waals surface area contributed by atoms with E-state index in [0.717, 1.165) is 0 Å². The molecule has 4 rings (SSSR count). The number of benzene rings is 2. The van der Waals surface area contributed by atoms with Crippen LogP contribution < -0.4 is 10.2 Å². The van der Waals surface area contributed by atoms with E-state index >= 15 is 0 Å². The van der Waals surface area contributed by atoms with Crippen molar-refractivity contribution in [2.45, 2.75) is 4.90 Å². The molecule has 0 aliphatic carbocycles. The standard InChI is InChI=1S/C21H19ClN4O4S/c1-2-9-23-20(27)15-7-8-18-17(14-15)24-21(30-18)25-10-12-26(13-11-25)31(28,29)19-6-4-3-5-16(19)22/h1,3-8,14H,9-13H2,(H,23,27). The van der Waals surface area contributed by atoms with Gasteiger partial charge in [-0.15, -0.1) is 6.42 Å². The maximum absolute atomic E-state index is 12.9. The molecule has 0 radical (unpaired) electrons. The first kappa shape index (κ1) is 21.2. The fourth-order valence-electron chi connectivity index (χ4n) is 3.34. The van der Waals surface area contributed by atoms with Gasteiger partial charge in [-0.3, -0.25) is 4.79 Å². The summed E-state index contributed by atoms with van der Waals surface area (Å²) in [7, 11) is -3.68. The Morgan fingerprint density at radius 1 is 1.19 bits per heavy atom. The molecule has 160 valence electrons. The summed E-state index contributed by atoms with van der Waals surface area (Å²) >= 11 is 6.08. The van der Waals surface area contributed by atoms with Gasteiger partial charge in [0.2, 0.25) is 10.0 Å². The van der Waals surface area contributed by atoms with Crippen LogP contribution in [-0.2, 0) is 10.0 Å². The Morgan fingerprint density at radius 2 is 1.94 bits per heavy atom. The number of oxazole rings is 1.